The Hall–Kier alpha value is -1.81. The van der Waals surface area contributed by atoms with Crippen LogP contribution >= 0.6 is 0 Å². The van der Waals surface area contributed by atoms with E-state index in [-0.39, 0.29) is 5.91 Å². The molecule has 1 fully saturated rings. The van der Waals surface area contributed by atoms with Crippen molar-refractivity contribution in [2.24, 2.45) is 0 Å². The minimum absolute atomic E-state index is 0.196. The van der Waals surface area contributed by atoms with Gasteiger partial charge in [-0.1, -0.05) is 6.07 Å². The maximum Gasteiger partial charge on any atom is 0.219 e. The lowest BCUT2D eigenvalue weighted by molar-refractivity contribution is -0.129. The van der Waals surface area contributed by atoms with Crippen molar-refractivity contribution in [3.63, 3.8) is 0 Å². The molecule has 4 heteroatoms. The summed E-state index contributed by atoms with van der Waals surface area (Å²) in [7, 11) is 0. The summed E-state index contributed by atoms with van der Waals surface area (Å²) in [6.45, 7) is 4.30. The van der Waals surface area contributed by atoms with Gasteiger partial charge in [0, 0.05) is 44.3 Å². The molecule has 0 saturated carbocycles. The van der Waals surface area contributed by atoms with E-state index in [4.69, 9.17) is 0 Å². The van der Waals surface area contributed by atoms with Gasteiger partial charge in [-0.2, -0.15) is 0 Å². The number of hydrogen-bond donors (Lipinski definition) is 2. The van der Waals surface area contributed by atoms with E-state index in [0.29, 0.717) is 6.04 Å². The maximum absolute atomic E-state index is 11.3. The Labute approximate surface area is 119 Å². The second-order valence-corrected chi connectivity index (χ2v) is 5.56. The van der Waals surface area contributed by atoms with Crippen LogP contribution in [0.5, 0.6) is 0 Å². The number of nitrogens with zero attached hydrogens (tertiary/aromatic N) is 1. The van der Waals surface area contributed by atoms with Crippen molar-refractivity contribution in [1.82, 2.24) is 15.2 Å². The Kier molecular flexibility index (Phi) is 3.74. The number of nitrogens with one attached hydrogen (secondary N) is 2. The van der Waals surface area contributed by atoms with Crippen LogP contribution in [-0.4, -0.2) is 34.9 Å². The molecule has 0 unspecified atom stereocenters. The van der Waals surface area contributed by atoms with Gasteiger partial charge < -0.3 is 15.2 Å². The smallest absolute Gasteiger partial charge is 0.219 e. The standard InChI is InChI=1S/C16H21N3O/c1-12(20)19-8-5-15(6-9-19)18-11-13-2-3-16-14(10-13)4-7-17-16/h2-4,7,10,15,17-18H,5-6,8-9,11H2,1H3. The minimum Gasteiger partial charge on any atom is -0.361 e. The average Bonchev–Trinajstić information content (AvgIpc) is 2.93. The van der Waals surface area contributed by atoms with Crippen molar-refractivity contribution in [3.8, 4) is 0 Å². The number of fused-ring (bicyclic) bond motifs is 1. The number of rotatable bonds is 3. The van der Waals surface area contributed by atoms with Crippen LogP contribution in [0.15, 0.2) is 30.5 Å². The fourth-order valence-corrected chi connectivity index (χ4v) is 2.87. The molecule has 0 spiro atoms. The Morgan fingerprint density at radius 1 is 1.35 bits per heavy atom. The van der Waals surface area contributed by atoms with Crippen molar-refractivity contribution in [2.45, 2.75) is 32.4 Å². The van der Waals surface area contributed by atoms with E-state index in [2.05, 4.69) is 34.6 Å². The van der Waals surface area contributed by atoms with Crippen LogP contribution in [0.1, 0.15) is 25.3 Å². The molecule has 0 radical (unpaired) electrons. The topological polar surface area (TPSA) is 48.1 Å². The summed E-state index contributed by atoms with van der Waals surface area (Å²) in [4.78, 5) is 16.4. The number of aromatic nitrogens is 1. The highest BCUT2D eigenvalue weighted by Crippen LogP contribution is 2.15. The molecular formula is C16H21N3O. The molecule has 0 bridgehead atoms. The van der Waals surface area contributed by atoms with Gasteiger partial charge in [-0.05, 0) is 42.0 Å². The highest BCUT2D eigenvalue weighted by Gasteiger charge is 2.19. The molecule has 1 aromatic heterocycles. The van der Waals surface area contributed by atoms with Gasteiger partial charge in [0.1, 0.15) is 0 Å². The fourth-order valence-electron chi connectivity index (χ4n) is 2.87. The lowest BCUT2D eigenvalue weighted by Gasteiger charge is -2.31. The molecule has 2 aromatic rings. The molecule has 1 aromatic carbocycles. The van der Waals surface area contributed by atoms with E-state index >= 15 is 0 Å². The van der Waals surface area contributed by atoms with E-state index in [1.165, 1.54) is 16.5 Å². The molecule has 0 atom stereocenters. The highest BCUT2D eigenvalue weighted by molar-refractivity contribution is 5.79. The van der Waals surface area contributed by atoms with Crippen LogP contribution in [-0.2, 0) is 11.3 Å². The minimum atomic E-state index is 0.196. The molecule has 1 saturated heterocycles. The van der Waals surface area contributed by atoms with Crippen molar-refractivity contribution in [3.05, 3.63) is 36.0 Å². The summed E-state index contributed by atoms with van der Waals surface area (Å²) in [5.41, 5.74) is 2.50. The molecule has 1 aliphatic rings. The van der Waals surface area contributed by atoms with Gasteiger partial charge in [-0.25, -0.2) is 0 Å². The third kappa shape index (κ3) is 2.85. The number of H-pyrrole nitrogens is 1. The first kappa shape index (κ1) is 13.2. The predicted octanol–water partition coefficient (Wildman–Crippen LogP) is 2.27. The molecule has 0 aliphatic carbocycles. The summed E-state index contributed by atoms with van der Waals surface area (Å²) < 4.78 is 0. The van der Waals surface area contributed by atoms with Crippen molar-refractivity contribution < 1.29 is 4.79 Å². The predicted molar refractivity (Wildman–Crippen MR) is 80.4 cm³/mol. The van der Waals surface area contributed by atoms with E-state index in [1.54, 1.807) is 6.92 Å². The van der Waals surface area contributed by atoms with Gasteiger partial charge in [-0.3, -0.25) is 4.79 Å². The number of piperidine rings is 1. The first-order chi connectivity index (χ1) is 9.72. The van der Waals surface area contributed by atoms with Gasteiger partial charge in [0.05, 0.1) is 0 Å². The molecule has 106 valence electrons. The van der Waals surface area contributed by atoms with Crippen molar-refractivity contribution in [2.75, 3.05) is 13.1 Å². The lowest BCUT2D eigenvalue weighted by atomic mass is 10.0. The quantitative estimate of drug-likeness (QED) is 0.899. The van der Waals surface area contributed by atoms with Gasteiger partial charge in [-0.15, -0.1) is 0 Å². The maximum atomic E-state index is 11.3. The zero-order valence-electron chi connectivity index (χ0n) is 11.9. The molecular weight excluding hydrogens is 250 g/mol. The summed E-state index contributed by atoms with van der Waals surface area (Å²) in [5, 5.41) is 4.87. The van der Waals surface area contributed by atoms with Gasteiger partial charge in [0.25, 0.3) is 0 Å². The van der Waals surface area contributed by atoms with Crippen molar-refractivity contribution in [1.29, 1.82) is 0 Å². The van der Waals surface area contributed by atoms with Crippen LogP contribution in [0, 0.1) is 0 Å². The third-order valence-corrected chi connectivity index (χ3v) is 4.15. The molecule has 2 N–H and O–H groups in total. The molecule has 1 amide bonds. The van der Waals surface area contributed by atoms with E-state index in [1.807, 2.05) is 11.1 Å². The lowest BCUT2D eigenvalue weighted by Crippen LogP contribution is -2.43. The molecule has 20 heavy (non-hydrogen) atoms. The number of carbonyl (C=O) groups excluding carboxylic acids is 1. The first-order valence-corrected chi connectivity index (χ1v) is 7.27. The average molecular weight is 271 g/mol. The Morgan fingerprint density at radius 2 is 2.15 bits per heavy atom. The molecule has 1 aliphatic heterocycles. The Balaban J connectivity index is 1.53. The number of likely N-dealkylation sites (tertiary alicyclic amines) is 1. The fraction of sp³-hybridized carbons (Fsp3) is 0.438. The van der Waals surface area contributed by atoms with Crippen molar-refractivity contribution >= 4 is 16.8 Å². The van der Waals surface area contributed by atoms with Gasteiger partial charge >= 0.3 is 0 Å². The number of hydrogen-bond acceptors (Lipinski definition) is 2. The third-order valence-electron chi connectivity index (χ3n) is 4.15. The summed E-state index contributed by atoms with van der Waals surface area (Å²) in [6.07, 6.45) is 4.07. The summed E-state index contributed by atoms with van der Waals surface area (Å²) in [6, 6.07) is 9.14. The zero-order chi connectivity index (χ0) is 13.9. The number of benzene rings is 1. The monoisotopic (exact) mass is 271 g/mol. The van der Waals surface area contributed by atoms with Crippen LogP contribution in [0.2, 0.25) is 0 Å². The summed E-state index contributed by atoms with van der Waals surface area (Å²) >= 11 is 0. The van der Waals surface area contributed by atoms with Crippen LogP contribution in [0.25, 0.3) is 10.9 Å². The first-order valence-electron chi connectivity index (χ1n) is 7.27. The van der Waals surface area contributed by atoms with E-state index in [0.717, 1.165) is 32.5 Å². The van der Waals surface area contributed by atoms with Gasteiger partial charge in [0.2, 0.25) is 5.91 Å². The number of carbonyl (C=O) groups is 1. The zero-order valence-corrected chi connectivity index (χ0v) is 11.9. The highest BCUT2D eigenvalue weighted by atomic mass is 16.2. The Morgan fingerprint density at radius 3 is 2.90 bits per heavy atom. The number of amides is 1. The number of aromatic amines is 1. The molecule has 4 nitrogen and oxygen atoms in total. The summed E-state index contributed by atoms with van der Waals surface area (Å²) in [5.74, 6) is 0.196. The molecule has 3 rings (SSSR count). The second-order valence-electron chi connectivity index (χ2n) is 5.56. The second kappa shape index (κ2) is 5.67. The Bertz CT molecular complexity index is 597. The van der Waals surface area contributed by atoms with Gasteiger partial charge in [0.15, 0.2) is 0 Å². The van der Waals surface area contributed by atoms with Crippen LogP contribution in [0.4, 0.5) is 0 Å². The normalized spacial score (nSPS) is 16.8. The van der Waals surface area contributed by atoms with Crippen LogP contribution < -0.4 is 5.32 Å². The van der Waals surface area contributed by atoms with E-state index in [9.17, 15) is 4.79 Å². The largest absolute Gasteiger partial charge is 0.361 e. The van der Waals surface area contributed by atoms with Crippen LogP contribution in [0.3, 0.4) is 0 Å². The SMILES string of the molecule is CC(=O)N1CCC(NCc2ccc3[nH]ccc3c2)CC1. The van der Waals surface area contributed by atoms with E-state index < -0.39 is 0 Å². The molecule has 2 heterocycles.